The second-order valence-corrected chi connectivity index (χ2v) is 8.78. The summed E-state index contributed by atoms with van der Waals surface area (Å²) in [5.41, 5.74) is 1.10. The van der Waals surface area contributed by atoms with Crippen molar-refractivity contribution in [3.8, 4) is 5.75 Å². The Bertz CT molecular complexity index is 1020. The van der Waals surface area contributed by atoms with Crippen LogP contribution in [-0.2, 0) is 9.59 Å². The summed E-state index contributed by atoms with van der Waals surface area (Å²) < 4.78 is 19.3. The Morgan fingerprint density at radius 3 is 2.33 bits per heavy atom. The molecule has 2 aromatic rings. The van der Waals surface area contributed by atoms with E-state index in [9.17, 15) is 19.1 Å². The number of halogens is 1. The zero-order chi connectivity index (χ0) is 23.4. The van der Waals surface area contributed by atoms with Crippen molar-refractivity contribution < 1.29 is 23.8 Å². The molecule has 0 aromatic heterocycles. The lowest BCUT2D eigenvalue weighted by molar-refractivity contribution is -0.141. The molecule has 1 atom stereocenters. The minimum absolute atomic E-state index is 0.0510. The number of hydrogen-bond donors (Lipinski definition) is 1. The van der Waals surface area contributed by atoms with E-state index in [2.05, 4.69) is 6.92 Å². The molecule has 4 rings (SSSR count). The first-order chi connectivity index (χ1) is 16.0. The first-order valence-electron chi connectivity index (χ1n) is 11.8. The zero-order valence-electron chi connectivity index (χ0n) is 18.9. The van der Waals surface area contributed by atoms with E-state index in [4.69, 9.17) is 4.74 Å². The highest BCUT2D eigenvalue weighted by Gasteiger charge is 2.49. The summed E-state index contributed by atoms with van der Waals surface area (Å²) >= 11 is 0. The molecule has 2 aliphatic rings. The molecule has 1 heterocycles. The standard InChI is InChI=1S/C27H30FNO4/c1-2-3-6-17-33-22-15-11-19(12-16-22)25(30)23-24(18-9-13-20(28)14-10-18)29(27(32)26(23)31)21-7-4-5-8-21/h9-16,21,24,30H,2-8,17H2,1H3/b25-23-. The van der Waals surface area contributed by atoms with Crippen molar-refractivity contribution in [1.82, 2.24) is 4.90 Å². The summed E-state index contributed by atoms with van der Waals surface area (Å²) in [4.78, 5) is 27.7. The predicted molar refractivity (Wildman–Crippen MR) is 124 cm³/mol. The van der Waals surface area contributed by atoms with Crippen LogP contribution in [0, 0.1) is 5.82 Å². The number of ether oxygens (including phenoxy) is 1. The van der Waals surface area contributed by atoms with Crippen molar-refractivity contribution in [3.63, 3.8) is 0 Å². The Balaban J connectivity index is 1.68. The van der Waals surface area contributed by atoms with Crippen LogP contribution in [0.4, 0.5) is 4.39 Å². The number of carbonyl (C=O) groups excluding carboxylic acids is 2. The largest absolute Gasteiger partial charge is 0.507 e. The van der Waals surface area contributed by atoms with Crippen LogP contribution in [0.5, 0.6) is 5.75 Å². The molecule has 1 amide bonds. The van der Waals surface area contributed by atoms with Gasteiger partial charge in [0.15, 0.2) is 0 Å². The highest BCUT2D eigenvalue weighted by molar-refractivity contribution is 6.46. The maximum Gasteiger partial charge on any atom is 0.295 e. The molecular weight excluding hydrogens is 421 g/mol. The minimum Gasteiger partial charge on any atom is -0.507 e. The van der Waals surface area contributed by atoms with Crippen molar-refractivity contribution >= 4 is 17.4 Å². The average molecular weight is 452 g/mol. The van der Waals surface area contributed by atoms with Gasteiger partial charge < -0.3 is 14.7 Å². The number of aliphatic hydroxyl groups is 1. The molecule has 5 nitrogen and oxygen atoms in total. The van der Waals surface area contributed by atoms with Gasteiger partial charge in [0.2, 0.25) is 0 Å². The summed E-state index contributed by atoms with van der Waals surface area (Å²) in [7, 11) is 0. The number of likely N-dealkylation sites (tertiary alicyclic amines) is 1. The van der Waals surface area contributed by atoms with Crippen LogP contribution in [-0.4, -0.2) is 34.3 Å². The monoisotopic (exact) mass is 451 g/mol. The van der Waals surface area contributed by atoms with Gasteiger partial charge in [0.25, 0.3) is 11.7 Å². The second-order valence-electron chi connectivity index (χ2n) is 8.78. The number of carbonyl (C=O) groups is 2. The van der Waals surface area contributed by atoms with Gasteiger partial charge in [-0.1, -0.05) is 44.7 Å². The number of Topliss-reactive ketones (excluding diaryl/α,β-unsaturated/α-hetero) is 1. The Labute approximate surface area is 193 Å². The van der Waals surface area contributed by atoms with Crippen LogP contribution < -0.4 is 4.74 Å². The van der Waals surface area contributed by atoms with E-state index in [1.54, 1.807) is 41.3 Å². The first-order valence-corrected chi connectivity index (χ1v) is 11.8. The lowest BCUT2D eigenvalue weighted by atomic mass is 9.94. The molecule has 2 fully saturated rings. The van der Waals surface area contributed by atoms with Crippen LogP contribution >= 0.6 is 0 Å². The van der Waals surface area contributed by atoms with Gasteiger partial charge in [0.05, 0.1) is 18.2 Å². The van der Waals surface area contributed by atoms with Gasteiger partial charge in [-0.25, -0.2) is 4.39 Å². The lowest BCUT2D eigenvalue weighted by Gasteiger charge is -2.30. The summed E-state index contributed by atoms with van der Waals surface area (Å²) in [5.74, 6) is -1.24. The van der Waals surface area contributed by atoms with Crippen molar-refractivity contribution in [1.29, 1.82) is 0 Å². The van der Waals surface area contributed by atoms with Crippen LogP contribution in [0.1, 0.15) is 69.0 Å². The third-order valence-electron chi connectivity index (χ3n) is 6.53. The van der Waals surface area contributed by atoms with Crippen molar-refractivity contribution in [2.24, 2.45) is 0 Å². The molecule has 1 saturated heterocycles. The topological polar surface area (TPSA) is 66.8 Å². The van der Waals surface area contributed by atoms with Crippen LogP contribution in [0.3, 0.4) is 0 Å². The van der Waals surface area contributed by atoms with Gasteiger partial charge in [-0.2, -0.15) is 0 Å². The van der Waals surface area contributed by atoms with Gasteiger partial charge in [0, 0.05) is 11.6 Å². The maximum absolute atomic E-state index is 13.6. The molecule has 1 aliphatic heterocycles. The van der Waals surface area contributed by atoms with Gasteiger partial charge in [-0.05, 0) is 61.2 Å². The molecule has 1 saturated carbocycles. The molecular formula is C27H30FNO4. The molecule has 1 unspecified atom stereocenters. The second kappa shape index (κ2) is 10.2. The van der Waals surface area contributed by atoms with E-state index in [0.29, 0.717) is 23.5 Å². The Hall–Kier alpha value is -3.15. The molecule has 2 aromatic carbocycles. The van der Waals surface area contributed by atoms with Crippen LogP contribution in [0.2, 0.25) is 0 Å². The smallest absolute Gasteiger partial charge is 0.295 e. The van der Waals surface area contributed by atoms with Crippen molar-refractivity contribution in [2.45, 2.75) is 64.0 Å². The number of rotatable bonds is 8. The van der Waals surface area contributed by atoms with E-state index in [1.165, 1.54) is 12.1 Å². The highest BCUT2D eigenvalue weighted by Crippen LogP contribution is 2.43. The number of hydrogen-bond acceptors (Lipinski definition) is 4. The van der Waals surface area contributed by atoms with Gasteiger partial charge in [-0.15, -0.1) is 0 Å². The third-order valence-corrected chi connectivity index (χ3v) is 6.53. The van der Waals surface area contributed by atoms with E-state index < -0.39 is 23.5 Å². The Kier molecular flexibility index (Phi) is 7.11. The van der Waals surface area contributed by atoms with E-state index >= 15 is 0 Å². The quantitative estimate of drug-likeness (QED) is 0.240. The maximum atomic E-state index is 13.6. The third kappa shape index (κ3) is 4.80. The average Bonchev–Trinajstić information content (AvgIpc) is 3.44. The predicted octanol–water partition coefficient (Wildman–Crippen LogP) is 5.76. The number of unbranched alkanes of at least 4 members (excludes halogenated alkanes) is 2. The molecule has 174 valence electrons. The number of aliphatic hydroxyl groups excluding tert-OH is 1. The summed E-state index contributed by atoms with van der Waals surface area (Å²) in [6.07, 6.45) is 6.80. The molecule has 33 heavy (non-hydrogen) atoms. The number of benzene rings is 2. The number of nitrogens with zero attached hydrogens (tertiary/aromatic N) is 1. The molecule has 0 radical (unpaired) electrons. The van der Waals surface area contributed by atoms with Crippen molar-refractivity contribution in [3.05, 3.63) is 71.0 Å². The fraction of sp³-hybridized carbons (Fsp3) is 0.407. The fourth-order valence-electron chi connectivity index (χ4n) is 4.79. The van der Waals surface area contributed by atoms with Crippen molar-refractivity contribution in [2.75, 3.05) is 6.61 Å². The summed E-state index contributed by atoms with van der Waals surface area (Å²) in [5, 5.41) is 11.2. The van der Waals surface area contributed by atoms with E-state index in [-0.39, 0.29) is 17.4 Å². The molecule has 1 N–H and O–H groups in total. The molecule has 6 heteroatoms. The molecule has 1 aliphatic carbocycles. The van der Waals surface area contributed by atoms with Gasteiger partial charge in [-0.3, -0.25) is 9.59 Å². The molecule has 0 bridgehead atoms. The van der Waals surface area contributed by atoms with E-state index in [0.717, 1.165) is 44.9 Å². The summed E-state index contributed by atoms with van der Waals surface area (Å²) in [6.45, 7) is 2.75. The first kappa shape index (κ1) is 23.0. The number of amides is 1. The van der Waals surface area contributed by atoms with E-state index in [1.807, 2.05) is 0 Å². The lowest BCUT2D eigenvalue weighted by Crippen LogP contribution is -2.37. The number of ketones is 1. The normalized spacial score (nSPS) is 20.5. The van der Waals surface area contributed by atoms with Gasteiger partial charge >= 0.3 is 0 Å². The Morgan fingerprint density at radius 2 is 1.70 bits per heavy atom. The SMILES string of the molecule is CCCCCOc1ccc(/C(O)=C2/C(=O)C(=O)N(C3CCCC3)C2c2ccc(F)cc2)cc1. The Morgan fingerprint density at radius 1 is 1.03 bits per heavy atom. The fourth-order valence-corrected chi connectivity index (χ4v) is 4.79. The molecule has 0 spiro atoms. The minimum atomic E-state index is -0.737. The zero-order valence-corrected chi connectivity index (χ0v) is 18.9. The summed E-state index contributed by atoms with van der Waals surface area (Å²) in [6, 6.07) is 11.9. The van der Waals surface area contributed by atoms with Crippen LogP contribution in [0.15, 0.2) is 54.1 Å². The van der Waals surface area contributed by atoms with Gasteiger partial charge in [0.1, 0.15) is 17.3 Å². The highest BCUT2D eigenvalue weighted by atomic mass is 19.1. The van der Waals surface area contributed by atoms with Crippen LogP contribution in [0.25, 0.3) is 5.76 Å².